The Morgan fingerprint density at radius 1 is 0.944 bits per heavy atom. The maximum absolute atomic E-state index is 14.4. The second-order valence-electron chi connectivity index (χ2n) is 4.80. The van der Waals surface area contributed by atoms with Gasteiger partial charge in [-0.25, -0.2) is 8.78 Å². The highest BCUT2D eigenvalue weighted by molar-refractivity contribution is 5.69. The fourth-order valence-electron chi connectivity index (χ4n) is 2.16. The first kappa shape index (κ1) is 12.7. The number of hydrogen-bond donors (Lipinski definition) is 0. The summed E-state index contributed by atoms with van der Waals surface area (Å²) in [5.41, 5.74) is 2.07. The van der Waals surface area contributed by atoms with Crippen LogP contribution in [0.1, 0.15) is 30.9 Å². The van der Waals surface area contributed by atoms with E-state index in [1.807, 2.05) is 13.8 Å². The van der Waals surface area contributed by atoms with Crippen LogP contribution >= 0.6 is 0 Å². The molecule has 0 nitrogen and oxygen atoms in total. The third kappa shape index (κ3) is 2.15. The predicted octanol–water partition coefficient (Wildman–Crippen LogP) is 5.06. The molecule has 0 radical (unpaired) electrons. The minimum atomic E-state index is -0.380. The van der Waals surface area contributed by atoms with Gasteiger partial charge in [-0.3, -0.25) is 0 Å². The van der Waals surface area contributed by atoms with E-state index < -0.39 is 0 Å². The van der Waals surface area contributed by atoms with Crippen molar-refractivity contribution in [2.24, 2.45) is 0 Å². The van der Waals surface area contributed by atoms with Crippen molar-refractivity contribution in [2.45, 2.75) is 26.7 Å². The molecule has 0 aromatic heterocycles. The minimum absolute atomic E-state index is 0.0806. The first-order chi connectivity index (χ1) is 8.52. The Hall–Kier alpha value is -1.70. The number of hydrogen-bond acceptors (Lipinski definition) is 0. The number of rotatable bonds is 2. The van der Waals surface area contributed by atoms with Crippen LogP contribution in [0.15, 0.2) is 36.4 Å². The summed E-state index contributed by atoms with van der Waals surface area (Å²) in [6.45, 7) is 5.65. The molecule has 0 aliphatic heterocycles. The lowest BCUT2D eigenvalue weighted by atomic mass is 9.94. The SMILES string of the molecule is Cc1cccc(F)c1-c1cccc(C(C)C)c1F. The Labute approximate surface area is 106 Å². The Morgan fingerprint density at radius 2 is 1.61 bits per heavy atom. The lowest BCUT2D eigenvalue weighted by Crippen LogP contribution is -1.98. The monoisotopic (exact) mass is 246 g/mol. The Kier molecular flexibility index (Phi) is 3.46. The van der Waals surface area contributed by atoms with Crippen molar-refractivity contribution in [2.75, 3.05) is 0 Å². The van der Waals surface area contributed by atoms with Crippen molar-refractivity contribution < 1.29 is 8.78 Å². The Balaban J connectivity index is 2.69. The molecule has 0 unspecified atom stereocenters. The molecule has 0 fully saturated rings. The number of aryl methyl sites for hydroxylation is 1. The van der Waals surface area contributed by atoms with Gasteiger partial charge in [-0.2, -0.15) is 0 Å². The predicted molar refractivity (Wildman–Crippen MR) is 70.6 cm³/mol. The fourth-order valence-corrected chi connectivity index (χ4v) is 2.16. The van der Waals surface area contributed by atoms with E-state index in [1.165, 1.54) is 6.07 Å². The van der Waals surface area contributed by atoms with E-state index in [-0.39, 0.29) is 17.6 Å². The van der Waals surface area contributed by atoms with Gasteiger partial charge in [0.25, 0.3) is 0 Å². The van der Waals surface area contributed by atoms with E-state index in [2.05, 4.69) is 0 Å². The van der Waals surface area contributed by atoms with Crippen LogP contribution in [0.3, 0.4) is 0 Å². The van der Waals surface area contributed by atoms with Gasteiger partial charge >= 0.3 is 0 Å². The second kappa shape index (κ2) is 4.89. The van der Waals surface area contributed by atoms with Gasteiger partial charge in [-0.15, -0.1) is 0 Å². The van der Waals surface area contributed by atoms with Crippen molar-refractivity contribution in [1.29, 1.82) is 0 Å². The zero-order valence-electron chi connectivity index (χ0n) is 10.8. The number of halogens is 2. The molecule has 18 heavy (non-hydrogen) atoms. The molecule has 0 saturated heterocycles. The summed E-state index contributed by atoms with van der Waals surface area (Å²) < 4.78 is 28.3. The summed E-state index contributed by atoms with van der Waals surface area (Å²) in [6, 6.07) is 9.95. The van der Waals surface area contributed by atoms with E-state index in [9.17, 15) is 8.78 Å². The van der Waals surface area contributed by atoms with Gasteiger partial charge in [-0.1, -0.05) is 44.2 Å². The minimum Gasteiger partial charge on any atom is -0.206 e. The van der Waals surface area contributed by atoms with E-state index in [0.29, 0.717) is 16.7 Å². The molecule has 0 aliphatic rings. The van der Waals surface area contributed by atoms with Crippen LogP contribution in [0.2, 0.25) is 0 Å². The zero-order valence-corrected chi connectivity index (χ0v) is 10.8. The normalized spacial score (nSPS) is 11.0. The summed E-state index contributed by atoms with van der Waals surface area (Å²) >= 11 is 0. The quantitative estimate of drug-likeness (QED) is 0.694. The maximum atomic E-state index is 14.4. The van der Waals surface area contributed by atoms with Crippen LogP contribution in [0, 0.1) is 18.6 Å². The Bertz CT molecular complexity index is 551. The smallest absolute Gasteiger partial charge is 0.134 e. The van der Waals surface area contributed by atoms with E-state index >= 15 is 0 Å². The van der Waals surface area contributed by atoms with Crippen LogP contribution in [0.4, 0.5) is 8.78 Å². The highest BCUT2D eigenvalue weighted by Gasteiger charge is 2.16. The van der Waals surface area contributed by atoms with Crippen molar-refractivity contribution in [3.8, 4) is 11.1 Å². The summed E-state index contributed by atoms with van der Waals surface area (Å²) in [7, 11) is 0. The molecular weight excluding hydrogens is 230 g/mol. The first-order valence-corrected chi connectivity index (χ1v) is 6.06. The molecule has 2 heteroatoms. The maximum Gasteiger partial charge on any atom is 0.134 e. The molecule has 0 N–H and O–H groups in total. The van der Waals surface area contributed by atoms with Gasteiger partial charge in [0, 0.05) is 11.1 Å². The van der Waals surface area contributed by atoms with Gasteiger partial charge in [0.2, 0.25) is 0 Å². The average Bonchev–Trinajstić information content (AvgIpc) is 2.30. The van der Waals surface area contributed by atoms with Gasteiger partial charge in [0.15, 0.2) is 0 Å². The molecule has 94 valence electrons. The molecule has 0 atom stereocenters. The van der Waals surface area contributed by atoms with E-state index in [1.54, 1.807) is 37.3 Å². The lowest BCUT2D eigenvalue weighted by Gasteiger charge is -2.13. The van der Waals surface area contributed by atoms with Gasteiger partial charge in [0.05, 0.1) is 0 Å². The van der Waals surface area contributed by atoms with Gasteiger partial charge < -0.3 is 0 Å². The molecule has 2 rings (SSSR count). The summed E-state index contributed by atoms with van der Waals surface area (Å²) in [6.07, 6.45) is 0. The van der Waals surface area contributed by atoms with Crippen LogP contribution in [-0.2, 0) is 0 Å². The molecule has 0 saturated carbocycles. The van der Waals surface area contributed by atoms with Crippen LogP contribution in [0.25, 0.3) is 11.1 Å². The topological polar surface area (TPSA) is 0 Å². The summed E-state index contributed by atoms with van der Waals surface area (Å²) in [4.78, 5) is 0. The molecule has 2 aromatic carbocycles. The summed E-state index contributed by atoms with van der Waals surface area (Å²) in [5.74, 6) is -0.618. The third-order valence-electron chi connectivity index (χ3n) is 3.14. The van der Waals surface area contributed by atoms with Crippen molar-refractivity contribution in [1.82, 2.24) is 0 Å². The largest absolute Gasteiger partial charge is 0.206 e. The van der Waals surface area contributed by atoms with Crippen molar-refractivity contribution in [3.05, 3.63) is 59.2 Å². The van der Waals surface area contributed by atoms with E-state index in [4.69, 9.17) is 0 Å². The average molecular weight is 246 g/mol. The molecule has 0 spiro atoms. The Morgan fingerprint density at radius 3 is 2.22 bits per heavy atom. The summed E-state index contributed by atoms with van der Waals surface area (Å²) in [5, 5.41) is 0. The van der Waals surface area contributed by atoms with Crippen LogP contribution < -0.4 is 0 Å². The zero-order chi connectivity index (χ0) is 13.3. The molecular formula is C16H16F2. The van der Waals surface area contributed by atoms with Crippen molar-refractivity contribution in [3.63, 3.8) is 0 Å². The molecule has 0 aliphatic carbocycles. The van der Waals surface area contributed by atoms with Crippen LogP contribution in [-0.4, -0.2) is 0 Å². The third-order valence-corrected chi connectivity index (χ3v) is 3.14. The number of benzene rings is 2. The fraction of sp³-hybridized carbons (Fsp3) is 0.250. The van der Waals surface area contributed by atoms with Gasteiger partial charge in [0.1, 0.15) is 11.6 Å². The standard InChI is InChI=1S/C16H16F2/c1-10(2)12-7-5-8-13(16(12)18)15-11(3)6-4-9-14(15)17/h4-10H,1-3H3. The highest BCUT2D eigenvalue weighted by Crippen LogP contribution is 2.32. The first-order valence-electron chi connectivity index (χ1n) is 6.06. The molecule has 0 amide bonds. The van der Waals surface area contributed by atoms with E-state index in [0.717, 1.165) is 5.56 Å². The lowest BCUT2D eigenvalue weighted by molar-refractivity contribution is 0.595. The van der Waals surface area contributed by atoms with Gasteiger partial charge in [-0.05, 0) is 30.0 Å². The molecule has 0 heterocycles. The van der Waals surface area contributed by atoms with Crippen LogP contribution in [0.5, 0.6) is 0 Å². The molecule has 2 aromatic rings. The van der Waals surface area contributed by atoms with Crippen molar-refractivity contribution >= 4 is 0 Å². The molecule has 0 bridgehead atoms. The highest BCUT2D eigenvalue weighted by atomic mass is 19.1. The second-order valence-corrected chi connectivity index (χ2v) is 4.80.